The second kappa shape index (κ2) is 8.94. The Bertz CT molecular complexity index is 801. The molecule has 0 radical (unpaired) electrons. The first kappa shape index (κ1) is 19.2. The largest absolute Gasteiger partial charge is 0.490 e. The molecule has 1 atom stereocenters. The van der Waals surface area contributed by atoms with Crippen LogP contribution in [0.5, 0.6) is 5.75 Å². The zero-order valence-electron chi connectivity index (χ0n) is 16.2. The van der Waals surface area contributed by atoms with Gasteiger partial charge in [-0.25, -0.2) is 4.68 Å². The van der Waals surface area contributed by atoms with Gasteiger partial charge in [0.05, 0.1) is 17.4 Å². The summed E-state index contributed by atoms with van der Waals surface area (Å²) in [7, 11) is 0. The fourth-order valence-electron chi connectivity index (χ4n) is 3.46. The predicted molar refractivity (Wildman–Crippen MR) is 107 cm³/mol. The van der Waals surface area contributed by atoms with E-state index in [4.69, 9.17) is 4.74 Å². The molecule has 1 unspecified atom stereocenters. The third-order valence-electron chi connectivity index (χ3n) is 5.23. The molecular weight excluding hydrogens is 374 g/mol. The molecule has 0 saturated heterocycles. The third kappa shape index (κ3) is 5.04. The number of amides is 1. The Morgan fingerprint density at radius 3 is 2.89 bits per heavy atom. The zero-order chi connectivity index (χ0) is 19.3. The van der Waals surface area contributed by atoms with E-state index < -0.39 is 0 Å². The van der Waals surface area contributed by atoms with Crippen LogP contribution in [0.25, 0.3) is 0 Å². The van der Waals surface area contributed by atoms with E-state index in [2.05, 4.69) is 20.8 Å². The van der Waals surface area contributed by atoms with Crippen LogP contribution < -0.4 is 10.1 Å². The van der Waals surface area contributed by atoms with Crippen molar-refractivity contribution in [3.05, 3.63) is 29.8 Å². The Hall–Kier alpha value is -2.09. The van der Waals surface area contributed by atoms with E-state index in [1.807, 2.05) is 35.9 Å². The quantitative estimate of drug-likeness (QED) is 0.682. The Morgan fingerprint density at radius 1 is 1.29 bits per heavy atom. The number of hydrogen-bond acceptors (Lipinski definition) is 6. The Morgan fingerprint density at radius 2 is 2.11 bits per heavy atom. The van der Waals surface area contributed by atoms with Crippen molar-refractivity contribution in [3.63, 3.8) is 0 Å². The van der Waals surface area contributed by atoms with Crippen molar-refractivity contribution >= 4 is 17.7 Å². The predicted octanol–water partition coefficient (Wildman–Crippen LogP) is 3.52. The summed E-state index contributed by atoms with van der Waals surface area (Å²) >= 11 is 1.40. The number of nitrogens with zero attached hydrogens (tertiary/aromatic N) is 4. The molecule has 7 nitrogen and oxygen atoms in total. The maximum absolute atomic E-state index is 12.5. The number of benzene rings is 1. The van der Waals surface area contributed by atoms with Crippen LogP contribution in [0.15, 0.2) is 29.4 Å². The highest BCUT2D eigenvalue weighted by Gasteiger charge is 2.29. The molecule has 1 heterocycles. The van der Waals surface area contributed by atoms with Gasteiger partial charge >= 0.3 is 0 Å². The molecule has 8 heteroatoms. The van der Waals surface area contributed by atoms with Crippen LogP contribution in [0.2, 0.25) is 0 Å². The molecule has 2 aliphatic carbocycles. The minimum absolute atomic E-state index is 0.0195. The van der Waals surface area contributed by atoms with E-state index in [0.29, 0.717) is 23.8 Å². The van der Waals surface area contributed by atoms with E-state index in [1.54, 1.807) is 0 Å². The minimum Gasteiger partial charge on any atom is -0.490 e. The van der Waals surface area contributed by atoms with Gasteiger partial charge in [-0.15, -0.1) is 5.10 Å². The van der Waals surface area contributed by atoms with E-state index >= 15 is 0 Å². The van der Waals surface area contributed by atoms with Gasteiger partial charge in [-0.05, 0) is 73.6 Å². The van der Waals surface area contributed by atoms with Crippen molar-refractivity contribution in [2.24, 2.45) is 0 Å². The highest BCUT2D eigenvalue weighted by atomic mass is 32.2. The minimum atomic E-state index is -0.259. The number of nitrogens with one attached hydrogen (secondary N) is 1. The first-order chi connectivity index (χ1) is 13.7. The summed E-state index contributed by atoms with van der Waals surface area (Å²) < 4.78 is 7.95. The third-order valence-corrected chi connectivity index (χ3v) is 6.27. The summed E-state index contributed by atoms with van der Waals surface area (Å²) in [6.45, 7) is 2.37. The van der Waals surface area contributed by atoms with Gasteiger partial charge in [0.1, 0.15) is 5.75 Å². The van der Waals surface area contributed by atoms with Gasteiger partial charge in [0.15, 0.2) is 0 Å². The molecule has 0 spiro atoms. The number of hydrogen-bond donors (Lipinski definition) is 1. The number of ether oxygens (including phenoxy) is 1. The Balaban J connectivity index is 1.27. The maximum Gasteiger partial charge on any atom is 0.233 e. The number of tetrazole rings is 1. The summed E-state index contributed by atoms with van der Waals surface area (Å²) in [4.78, 5) is 12.5. The van der Waals surface area contributed by atoms with Gasteiger partial charge in [-0.1, -0.05) is 30.3 Å². The fraction of sp³-hybridized carbons (Fsp3) is 0.600. The van der Waals surface area contributed by atoms with Gasteiger partial charge in [0, 0.05) is 6.54 Å². The van der Waals surface area contributed by atoms with Gasteiger partial charge in [0.2, 0.25) is 11.1 Å². The van der Waals surface area contributed by atoms with E-state index in [-0.39, 0.29) is 11.2 Å². The second-order valence-corrected chi connectivity index (χ2v) is 8.95. The standard InChI is InChI=1S/C20H27N5O2S/c1-14(28-20-22-23-24-25(20)16-10-11-16)19(26)21-13-15-6-5-9-18(12-15)27-17-7-3-2-4-8-17/h5-6,9,12,14,16-17H,2-4,7-8,10-11,13H2,1H3,(H,21,26). The van der Waals surface area contributed by atoms with Gasteiger partial charge in [-0.3, -0.25) is 4.79 Å². The number of carbonyl (C=O) groups is 1. The summed E-state index contributed by atoms with van der Waals surface area (Å²) in [5, 5.41) is 15.3. The van der Waals surface area contributed by atoms with Crippen molar-refractivity contribution in [1.29, 1.82) is 0 Å². The van der Waals surface area contributed by atoms with Crippen LogP contribution in [0.4, 0.5) is 0 Å². The van der Waals surface area contributed by atoms with Crippen LogP contribution in [0, 0.1) is 0 Å². The van der Waals surface area contributed by atoms with Crippen LogP contribution in [0.1, 0.15) is 63.5 Å². The van der Waals surface area contributed by atoms with E-state index in [0.717, 1.165) is 37.0 Å². The average Bonchev–Trinajstić information content (AvgIpc) is 3.46. The maximum atomic E-state index is 12.5. The molecule has 2 saturated carbocycles. The average molecular weight is 402 g/mol. The molecule has 0 bridgehead atoms. The lowest BCUT2D eigenvalue weighted by Crippen LogP contribution is -2.30. The van der Waals surface area contributed by atoms with Crippen molar-refractivity contribution in [1.82, 2.24) is 25.5 Å². The van der Waals surface area contributed by atoms with Gasteiger partial charge in [-0.2, -0.15) is 0 Å². The first-order valence-electron chi connectivity index (χ1n) is 10.2. The van der Waals surface area contributed by atoms with Gasteiger partial charge in [0.25, 0.3) is 0 Å². The van der Waals surface area contributed by atoms with Crippen molar-refractivity contribution in [2.45, 2.75) is 81.0 Å². The monoisotopic (exact) mass is 401 g/mol. The summed E-state index contributed by atoms with van der Waals surface area (Å²) in [6, 6.07) is 8.43. The molecule has 2 aliphatic rings. The van der Waals surface area contributed by atoms with Crippen LogP contribution in [0.3, 0.4) is 0 Å². The number of rotatable bonds is 8. The molecule has 2 aromatic rings. The van der Waals surface area contributed by atoms with E-state index in [1.165, 1.54) is 31.0 Å². The van der Waals surface area contributed by atoms with Crippen molar-refractivity contribution in [3.8, 4) is 5.75 Å². The molecule has 150 valence electrons. The molecule has 1 aromatic carbocycles. The van der Waals surface area contributed by atoms with Gasteiger partial charge < -0.3 is 10.1 Å². The van der Waals surface area contributed by atoms with Crippen LogP contribution in [-0.4, -0.2) is 37.5 Å². The first-order valence-corrected chi connectivity index (χ1v) is 11.0. The molecule has 1 N–H and O–H groups in total. The lowest BCUT2D eigenvalue weighted by Gasteiger charge is -2.23. The van der Waals surface area contributed by atoms with Crippen molar-refractivity contribution < 1.29 is 9.53 Å². The second-order valence-electron chi connectivity index (χ2n) is 7.64. The van der Waals surface area contributed by atoms with Crippen LogP contribution >= 0.6 is 11.8 Å². The van der Waals surface area contributed by atoms with Crippen molar-refractivity contribution in [2.75, 3.05) is 0 Å². The van der Waals surface area contributed by atoms with E-state index in [9.17, 15) is 4.79 Å². The smallest absolute Gasteiger partial charge is 0.233 e. The van der Waals surface area contributed by atoms with Crippen LogP contribution in [-0.2, 0) is 11.3 Å². The normalized spacial score (nSPS) is 18.6. The zero-order valence-corrected chi connectivity index (χ0v) is 17.0. The Kier molecular flexibility index (Phi) is 6.14. The summed E-state index contributed by atoms with van der Waals surface area (Å²) in [6.07, 6.45) is 8.63. The number of aromatic nitrogens is 4. The summed E-state index contributed by atoms with van der Waals surface area (Å²) in [5.41, 5.74) is 1.04. The number of carbonyl (C=O) groups excluding carboxylic acids is 1. The summed E-state index contributed by atoms with van der Waals surface area (Å²) in [5.74, 6) is 0.874. The number of thioether (sulfide) groups is 1. The molecule has 0 aliphatic heterocycles. The molecule has 28 heavy (non-hydrogen) atoms. The fourth-order valence-corrected chi connectivity index (χ4v) is 4.34. The lowest BCUT2D eigenvalue weighted by molar-refractivity contribution is -0.120. The SMILES string of the molecule is CC(Sc1nnnn1C1CC1)C(=O)NCc1cccc(OC2CCCCC2)c1. The molecule has 1 aromatic heterocycles. The Labute approximate surface area is 169 Å². The molecule has 4 rings (SSSR count). The highest BCUT2D eigenvalue weighted by molar-refractivity contribution is 8.00. The topological polar surface area (TPSA) is 81.9 Å². The molecule has 1 amide bonds. The molecule has 2 fully saturated rings. The highest BCUT2D eigenvalue weighted by Crippen LogP contribution is 2.37. The lowest BCUT2D eigenvalue weighted by atomic mass is 9.98. The molecular formula is C20H27N5O2S.